The molecule has 1 saturated carbocycles. The largest absolute Gasteiger partial charge is 0.465 e. The van der Waals surface area contributed by atoms with E-state index in [4.69, 9.17) is 28.4 Å². The summed E-state index contributed by atoms with van der Waals surface area (Å²) in [7, 11) is 4.53. The van der Waals surface area contributed by atoms with E-state index in [2.05, 4.69) is 0 Å². The summed E-state index contributed by atoms with van der Waals surface area (Å²) < 4.78 is 35.7. The van der Waals surface area contributed by atoms with Crippen LogP contribution >= 0.6 is 11.8 Å². The van der Waals surface area contributed by atoms with Crippen LogP contribution in [-0.2, 0) is 52.4 Å². The zero-order valence-electron chi connectivity index (χ0n) is 42.3. The van der Waals surface area contributed by atoms with Crippen LogP contribution in [0.25, 0.3) is 0 Å². The van der Waals surface area contributed by atoms with Crippen LogP contribution in [0.4, 0.5) is 0 Å². The first-order chi connectivity index (χ1) is 32.8. The number of Topliss-reactive ketones (excluding diaryl/α,β-unsaturated/α-hetero) is 2. The Bertz CT molecular complexity index is 1960. The Morgan fingerprint density at radius 2 is 1.64 bits per heavy atom. The van der Waals surface area contributed by atoms with Crippen molar-refractivity contribution in [1.29, 1.82) is 0 Å². The lowest BCUT2D eigenvalue weighted by Gasteiger charge is -2.47. The van der Waals surface area contributed by atoms with Gasteiger partial charge >= 0.3 is 11.9 Å². The molecular formula is C53H79NO14S. The van der Waals surface area contributed by atoms with Crippen LogP contribution in [0.15, 0.2) is 58.5 Å². The zero-order valence-corrected chi connectivity index (χ0v) is 43.1. The molecule has 3 fully saturated rings. The summed E-state index contributed by atoms with van der Waals surface area (Å²) in [5.41, 5.74) is 0.0635. The van der Waals surface area contributed by atoms with E-state index in [0.29, 0.717) is 56.3 Å². The molecule has 1 aromatic rings. The molecule has 1 amide bonds. The van der Waals surface area contributed by atoms with Crippen LogP contribution in [0, 0.1) is 29.6 Å². The fourth-order valence-electron chi connectivity index (χ4n) is 10.9. The number of amides is 1. The maximum absolute atomic E-state index is 14.5. The summed E-state index contributed by atoms with van der Waals surface area (Å²) >= 11 is 1.57. The highest BCUT2D eigenvalue weighted by atomic mass is 32.2. The van der Waals surface area contributed by atoms with Gasteiger partial charge in [-0.2, -0.15) is 0 Å². The van der Waals surface area contributed by atoms with Crippen LogP contribution in [0.5, 0.6) is 0 Å². The van der Waals surface area contributed by atoms with Crippen LogP contribution in [0.3, 0.4) is 0 Å². The number of aliphatic hydroxyl groups excluding tert-OH is 1. The highest BCUT2D eigenvalue weighted by Crippen LogP contribution is 2.41. The number of thioether (sulfide) groups is 1. The number of hydrogen-bond acceptors (Lipinski definition) is 15. The van der Waals surface area contributed by atoms with E-state index in [1.165, 1.54) is 21.3 Å². The van der Waals surface area contributed by atoms with Gasteiger partial charge in [-0.1, -0.05) is 63.6 Å². The number of ether oxygens (including phenoxy) is 6. The van der Waals surface area contributed by atoms with Crippen LogP contribution in [-0.4, -0.2) is 144 Å². The van der Waals surface area contributed by atoms with Crippen molar-refractivity contribution in [2.24, 2.45) is 29.6 Å². The molecule has 2 bridgehead atoms. The fraction of sp³-hybridized carbons (Fsp3) is 0.717. The number of carbonyl (C=O) groups excluding carboxylic acids is 5. The van der Waals surface area contributed by atoms with E-state index in [1.807, 2.05) is 63.3 Å². The standard InChI is InChI=1S/C53H79NO14S/c1-10-38-25-32(2)24-33(3)26-43(63-7)48-44(64-8)28-35(5)53(62,68-48)49(58)50(59)54-21-15-14-18-40(54)51(60)67-47(36(6)41(55)30-42(38)56)34(4)27-37-19-20-52(61,45(29-37)65-9)31-46(57)66-22-23-69-39-16-12-11-13-17-39/h11-13,16-17,25,27,33,35-38,40-41,43-45,47-48,55,61-62H,10,14-15,18-24,26,28-31H2,1-9H3. The van der Waals surface area contributed by atoms with Gasteiger partial charge in [0.2, 0.25) is 5.79 Å². The molecule has 4 aliphatic rings. The number of carbonyl (C=O) groups is 5. The molecule has 3 heterocycles. The van der Waals surface area contributed by atoms with Gasteiger partial charge in [0, 0.05) is 62.7 Å². The van der Waals surface area contributed by atoms with Gasteiger partial charge in [0.05, 0.1) is 30.8 Å². The fourth-order valence-corrected chi connectivity index (χ4v) is 11.6. The lowest BCUT2D eigenvalue weighted by Crippen LogP contribution is -2.64. The summed E-state index contributed by atoms with van der Waals surface area (Å²) in [6.07, 6.45) is 2.26. The Kier molecular flexibility index (Phi) is 21.1. The van der Waals surface area contributed by atoms with Gasteiger partial charge in [0.25, 0.3) is 11.7 Å². The van der Waals surface area contributed by atoms with Gasteiger partial charge in [-0.3, -0.25) is 19.2 Å². The molecule has 14 unspecified atom stereocenters. The number of allylic oxidation sites excluding steroid dienone is 3. The molecule has 16 heteroatoms. The molecule has 0 radical (unpaired) electrons. The van der Waals surface area contributed by atoms with Gasteiger partial charge in [-0.05, 0) is 108 Å². The summed E-state index contributed by atoms with van der Waals surface area (Å²) in [6, 6.07) is 8.59. The van der Waals surface area contributed by atoms with Gasteiger partial charge in [-0.15, -0.1) is 11.8 Å². The number of ketones is 2. The number of benzene rings is 1. The average molecular weight is 986 g/mol. The molecule has 0 spiro atoms. The number of piperidine rings is 1. The Morgan fingerprint density at radius 1 is 0.942 bits per heavy atom. The SMILES string of the molecule is CCC1C=C(C)CC(C)CC(OC)C2OC(O)(C(=O)C(=O)N3CCCCC3C(=O)OC(C(C)=CC3CCC(O)(CC(=O)OCCSc4ccccc4)C(OC)C3)C(C)C(O)CC1=O)C(C)CC2OC. The van der Waals surface area contributed by atoms with Crippen LogP contribution in [0.2, 0.25) is 0 Å². The Hall–Kier alpha value is -3.48. The van der Waals surface area contributed by atoms with Crippen molar-refractivity contribution in [2.45, 2.75) is 178 Å². The van der Waals surface area contributed by atoms with Crippen LogP contribution in [0.1, 0.15) is 119 Å². The van der Waals surface area contributed by atoms with Crippen molar-refractivity contribution < 1.29 is 67.7 Å². The zero-order chi connectivity index (χ0) is 50.6. The first-order valence-electron chi connectivity index (χ1n) is 25.0. The maximum Gasteiger partial charge on any atom is 0.329 e. The highest BCUT2D eigenvalue weighted by molar-refractivity contribution is 7.99. The second kappa shape index (κ2) is 25.8. The predicted molar refractivity (Wildman–Crippen MR) is 260 cm³/mol. The number of aliphatic hydroxyl groups is 3. The second-order valence-corrected chi connectivity index (χ2v) is 21.3. The molecule has 3 N–H and O–H groups in total. The average Bonchev–Trinajstić information content (AvgIpc) is 3.33. The Morgan fingerprint density at radius 3 is 2.30 bits per heavy atom. The number of rotatable bonds is 12. The first kappa shape index (κ1) is 56.4. The van der Waals surface area contributed by atoms with E-state index in [1.54, 1.807) is 32.5 Å². The smallest absolute Gasteiger partial charge is 0.329 e. The maximum atomic E-state index is 14.5. The van der Waals surface area contributed by atoms with Crippen molar-refractivity contribution in [3.8, 4) is 0 Å². The summed E-state index contributed by atoms with van der Waals surface area (Å²) in [4.78, 5) is 72.5. The summed E-state index contributed by atoms with van der Waals surface area (Å²) in [6.45, 7) is 11.3. The third-order valence-electron chi connectivity index (χ3n) is 15.0. The van der Waals surface area contributed by atoms with Crippen molar-refractivity contribution in [1.82, 2.24) is 4.90 Å². The highest BCUT2D eigenvalue weighted by Gasteiger charge is 2.57. The van der Waals surface area contributed by atoms with Crippen molar-refractivity contribution in [3.05, 3.63) is 53.6 Å². The number of cyclic esters (lactones) is 1. The number of hydrogen-bond donors (Lipinski definition) is 3. The second-order valence-electron chi connectivity index (χ2n) is 20.2. The van der Waals surface area contributed by atoms with E-state index < -0.39 is 95.4 Å². The van der Waals surface area contributed by atoms with E-state index in [0.717, 1.165) is 15.4 Å². The summed E-state index contributed by atoms with van der Waals surface area (Å²) in [5.74, 6) is -8.06. The van der Waals surface area contributed by atoms with E-state index in [9.17, 15) is 39.3 Å². The molecule has 0 aromatic heterocycles. The minimum atomic E-state index is -2.54. The topological polar surface area (TPSA) is 205 Å². The lowest BCUT2D eigenvalue weighted by molar-refractivity contribution is -0.302. The molecule has 69 heavy (non-hydrogen) atoms. The summed E-state index contributed by atoms with van der Waals surface area (Å²) in [5, 5.41) is 35.8. The molecular weight excluding hydrogens is 907 g/mol. The number of methoxy groups -OCH3 is 3. The molecule has 1 aromatic carbocycles. The minimum Gasteiger partial charge on any atom is -0.465 e. The Labute approximate surface area is 413 Å². The van der Waals surface area contributed by atoms with Crippen molar-refractivity contribution in [3.63, 3.8) is 0 Å². The molecule has 14 atom stereocenters. The third kappa shape index (κ3) is 14.4. The normalized spacial score (nSPS) is 36.1. The van der Waals surface area contributed by atoms with Crippen molar-refractivity contribution in [2.75, 3.05) is 40.2 Å². The van der Waals surface area contributed by atoms with Gasteiger partial charge < -0.3 is 48.6 Å². The van der Waals surface area contributed by atoms with Gasteiger partial charge in [0.1, 0.15) is 36.2 Å². The monoisotopic (exact) mass is 986 g/mol. The Balaban J connectivity index is 1.42. The molecule has 15 nitrogen and oxygen atoms in total. The van der Waals surface area contributed by atoms with E-state index in [-0.39, 0.29) is 62.9 Å². The molecule has 1 aliphatic carbocycles. The minimum absolute atomic E-state index is 0.00505. The van der Waals surface area contributed by atoms with E-state index >= 15 is 0 Å². The van der Waals surface area contributed by atoms with Crippen LogP contribution < -0.4 is 0 Å². The molecule has 3 aliphatic heterocycles. The quantitative estimate of drug-likeness (QED) is 0.0667. The lowest BCUT2D eigenvalue weighted by atomic mass is 9.74. The van der Waals surface area contributed by atoms with Crippen molar-refractivity contribution >= 4 is 41.2 Å². The van der Waals surface area contributed by atoms with Gasteiger partial charge in [-0.25, -0.2) is 4.79 Å². The third-order valence-corrected chi connectivity index (χ3v) is 15.9. The first-order valence-corrected chi connectivity index (χ1v) is 25.9. The van der Waals surface area contributed by atoms with Gasteiger partial charge in [0.15, 0.2) is 0 Å². The number of nitrogens with zero attached hydrogens (tertiary/aromatic N) is 1. The predicted octanol–water partition coefficient (Wildman–Crippen LogP) is 6.57. The number of esters is 2. The molecule has 2 saturated heterocycles. The molecule has 386 valence electrons. The number of fused-ring (bicyclic) bond motifs is 3. The molecule has 5 rings (SSSR count).